The van der Waals surface area contributed by atoms with E-state index in [0.29, 0.717) is 25.9 Å². The number of alkyl carbamates (subject to hydrolysis) is 2. The number of carbonyl (C=O) groups is 2. The highest BCUT2D eigenvalue weighted by Gasteiger charge is 2.28. The molecule has 0 aliphatic carbocycles. The molecule has 2 fully saturated rings. The third-order valence-electron chi connectivity index (χ3n) is 4.22. The lowest BCUT2D eigenvalue weighted by Gasteiger charge is -2.28. The quantitative estimate of drug-likeness (QED) is 0.531. The molecule has 10 heteroatoms. The summed E-state index contributed by atoms with van der Waals surface area (Å²) in [6, 6.07) is -0.859. The number of amides is 2. The molecule has 8 nitrogen and oxygen atoms in total. The van der Waals surface area contributed by atoms with Gasteiger partial charge in [-0.15, -0.1) is 0 Å². The van der Waals surface area contributed by atoms with Gasteiger partial charge in [0.1, 0.15) is 23.5 Å². The van der Waals surface area contributed by atoms with Gasteiger partial charge in [-0.25, -0.2) is 18.4 Å². The summed E-state index contributed by atoms with van der Waals surface area (Å²) in [5.41, 5.74) is -1.08. The Morgan fingerprint density at radius 3 is 1.37 bits per heavy atom. The van der Waals surface area contributed by atoms with Crippen LogP contribution in [0.15, 0.2) is 0 Å². The van der Waals surface area contributed by atoms with Crippen LogP contribution in [0.2, 0.25) is 0 Å². The Bertz CT molecular complexity index is 504. The van der Waals surface area contributed by atoms with Crippen LogP contribution in [0.1, 0.15) is 54.4 Å². The van der Waals surface area contributed by atoms with Crippen LogP contribution >= 0.6 is 0 Å². The van der Waals surface area contributed by atoms with Crippen LogP contribution in [0.5, 0.6) is 0 Å². The Morgan fingerprint density at radius 2 is 1.10 bits per heavy atom. The number of hydrogen-bond acceptors (Lipinski definition) is 6. The molecule has 4 N–H and O–H groups in total. The smallest absolute Gasteiger partial charge is 0.407 e. The molecule has 2 saturated heterocycles. The van der Waals surface area contributed by atoms with Crippen molar-refractivity contribution < 1.29 is 27.8 Å². The van der Waals surface area contributed by atoms with Crippen molar-refractivity contribution in [2.45, 2.75) is 90.0 Å². The molecule has 0 aromatic carbocycles. The summed E-state index contributed by atoms with van der Waals surface area (Å²) < 4.78 is 36.7. The fraction of sp³-hybridized carbons (Fsp3) is 0.900. The summed E-state index contributed by atoms with van der Waals surface area (Å²) in [5.74, 6) is 0. The molecule has 2 aliphatic heterocycles. The molecule has 2 aliphatic rings. The van der Waals surface area contributed by atoms with Crippen molar-refractivity contribution in [3.8, 4) is 0 Å². The normalized spacial score (nSPS) is 27.2. The van der Waals surface area contributed by atoms with Gasteiger partial charge in [0.15, 0.2) is 0 Å². The van der Waals surface area contributed by atoms with Gasteiger partial charge < -0.3 is 30.7 Å². The molecular weight excluding hydrogens is 398 g/mol. The predicted octanol–water partition coefficient (Wildman–Crippen LogP) is 2.42. The van der Waals surface area contributed by atoms with Gasteiger partial charge in [-0.2, -0.15) is 0 Å². The van der Waals surface area contributed by atoms with Crippen molar-refractivity contribution in [2.24, 2.45) is 0 Å². The molecule has 0 saturated carbocycles. The fourth-order valence-electron chi connectivity index (χ4n) is 2.88. The van der Waals surface area contributed by atoms with Gasteiger partial charge in [-0.05, 0) is 67.5 Å². The molecule has 0 unspecified atom stereocenters. The summed E-state index contributed by atoms with van der Waals surface area (Å²) in [6.07, 6.45) is -1.97. The van der Waals surface area contributed by atoms with E-state index in [2.05, 4.69) is 21.3 Å². The molecule has 4 atom stereocenters. The molecule has 0 radical (unpaired) electrons. The summed E-state index contributed by atoms with van der Waals surface area (Å²) in [6.45, 7) is 12.7. The summed E-state index contributed by atoms with van der Waals surface area (Å²) in [7, 11) is 0. The average Bonchev–Trinajstić information content (AvgIpc) is 2.56. The summed E-state index contributed by atoms with van der Waals surface area (Å²) in [5, 5.41) is 10.9. The number of nitrogens with one attached hydrogen (secondary N) is 4. The monoisotopic (exact) mass is 436 g/mol. The number of hydrogen-bond donors (Lipinski definition) is 4. The van der Waals surface area contributed by atoms with Crippen LogP contribution in [-0.2, 0) is 9.47 Å². The molecule has 0 aromatic rings. The number of piperidine rings is 2. The zero-order valence-electron chi connectivity index (χ0n) is 18.9. The third-order valence-corrected chi connectivity index (χ3v) is 4.22. The Labute approximate surface area is 178 Å². The Hall–Kier alpha value is -1.68. The van der Waals surface area contributed by atoms with Gasteiger partial charge in [0.2, 0.25) is 0 Å². The van der Waals surface area contributed by atoms with E-state index in [0.717, 1.165) is 13.1 Å². The zero-order chi connectivity index (χ0) is 22.9. The van der Waals surface area contributed by atoms with E-state index in [1.54, 1.807) is 41.5 Å². The van der Waals surface area contributed by atoms with Gasteiger partial charge in [0, 0.05) is 13.1 Å². The molecule has 0 spiro atoms. The van der Waals surface area contributed by atoms with E-state index in [9.17, 15) is 18.4 Å². The van der Waals surface area contributed by atoms with Crippen molar-refractivity contribution in [1.82, 2.24) is 21.3 Å². The number of rotatable bonds is 2. The first-order valence-corrected chi connectivity index (χ1v) is 10.5. The van der Waals surface area contributed by atoms with Crippen molar-refractivity contribution in [1.29, 1.82) is 0 Å². The van der Waals surface area contributed by atoms with Gasteiger partial charge >= 0.3 is 12.2 Å². The topological polar surface area (TPSA) is 101 Å². The van der Waals surface area contributed by atoms with E-state index in [-0.39, 0.29) is 0 Å². The predicted molar refractivity (Wildman–Crippen MR) is 111 cm³/mol. The lowest BCUT2D eigenvalue weighted by atomic mass is 10.1. The van der Waals surface area contributed by atoms with Crippen LogP contribution in [0.4, 0.5) is 18.4 Å². The molecular formula is C20H38F2N4O4. The highest BCUT2D eigenvalue weighted by molar-refractivity contribution is 5.68. The molecule has 2 amide bonds. The van der Waals surface area contributed by atoms with E-state index in [1.807, 2.05) is 0 Å². The largest absolute Gasteiger partial charge is 0.444 e. The van der Waals surface area contributed by atoms with Crippen LogP contribution in [-0.4, -0.2) is 74.0 Å². The van der Waals surface area contributed by atoms with Crippen LogP contribution < -0.4 is 21.3 Å². The minimum absolute atomic E-state index is 0.292. The molecule has 0 bridgehead atoms. The lowest BCUT2D eigenvalue weighted by molar-refractivity contribution is 0.0448. The summed E-state index contributed by atoms with van der Waals surface area (Å²) in [4.78, 5) is 22.7. The van der Waals surface area contributed by atoms with E-state index >= 15 is 0 Å². The second kappa shape index (κ2) is 11.6. The average molecular weight is 437 g/mol. The molecule has 2 rings (SSSR count). The highest BCUT2D eigenvalue weighted by atomic mass is 19.1. The number of carbonyl (C=O) groups excluding carboxylic acids is 2. The van der Waals surface area contributed by atoms with Crippen LogP contribution in [0, 0.1) is 0 Å². The Kier molecular flexibility index (Phi) is 10.2. The molecule has 176 valence electrons. The van der Waals surface area contributed by atoms with Gasteiger partial charge in [-0.3, -0.25) is 0 Å². The molecule has 30 heavy (non-hydrogen) atoms. The van der Waals surface area contributed by atoms with E-state index < -0.39 is 47.8 Å². The second-order valence-electron chi connectivity index (χ2n) is 9.52. The van der Waals surface area contributed by atoms with Crippen LogP contribution in [0.25, 0.3) is 0 Å². The molecule has 0 aromatic heterocycles. The van der Waals surface area contributed by atoms with Gasteiger partial charge in [-0.1, -0.05) is 0 Å². The first-order chi connectivity index (χ1) is 13.8. The second-order valence-corrected chi connectivity index (χ2v) is 9.52. The van der Waals surface area contributed by atoms with Crippen molar-refractivity contribution >= 4 is 12.2 Å². The minimum Gasteiger partial charge on any atom is -0.444 e. The van der Waals surface area contributed by atoms with Crippen molar-refractivity contribution in [3.63, 3.8) is 0 Å². The Balaban J connectivity index is 0.000000300. The maximum atomic E-state index is 13.3. The van der Waals surface area contributed by atoms with Crippen molar-refractivity contribution in [2.75, 3.05) is 26.2 Å². The number of halogens is 2. The van der Waals surface area contributed by atoms with Gasteiger partial charge in [0.05, 0.1) is 12.1 Å². The van der Waals surface area contributed by atoms with Crippen molar-refractivity contribution in [3.05, 3.63) is 0 Å². The molecule has 2 heterocycles. The first kappa shape index (κ1) is 26.4. The van der Waals surface area contributed by atoms with Crippen LogP contribution in [0.3, 0.4) is 0 Å². The fourth-order valence-corrected chi connectivity index (χ4v) is 2.88. The lowest BCUT2D eigenvalue weighted by Crippen LogP contribution is -2.51. The number of ether oxygens (including phenoxy) is 2. The third kappa shape index (κ3) is 11.5. The highest BCUT2D eigenvalue weighted by Crippen LogP contribution is 2.12. The van der Waals surface area contributed by atoms with E-state index in [4.69, 9.17) is 9.47 Å². The first-order valence-electron chi connectivity index (χ1n) is 10.5. The number of alkyl halides is 2. The zero-order valence-corrected chi connectivity index (χ0v) is 18.9. The van der Waals surface area contributed by atoms with Gasteiger partial charge in [0.25, 0.3) is 0 Å². The maximum absolute atomic E-state index is 13.3. The maximum Gasteiger partial charge on any atom is 0.407 e. The van der Waals surface area contributed by atoms with E-state index in [1.165, 1.54) is 0 Å². The summed E-state index contributed by atoms with van der Waals surface area (Å²) >= 11 is 0. The standard InChI is InChI=1S/2C10H19FN2O2/c2*1-10(2,3)15-9(14)13-8-4-5-12-6-7(8)11/h2*7-8,12H,4-6H2,1-3H3,(H,13,14)/t2*7-,8-/m10/s1. The SMILES string of the molecule is CC(C)(C)OC(=O)N[C@@H]1CCNC[C@H]1F.CC(C)(C)OC(=O)N[C@H]1CCNC[C@@H]1F. The Morgan fingerprint density at radius 1 is 0.767 bits per heavy atom. The minimum atomic E-state index is -1.04.